The molecule has 0 saturated heterocycles. The van der Waals surface area contributed by atoms with E-state index in [1.807, 2.05) is 6.92 Å². The predicted molar refractivity (Wildman–Crippen MR) is 82.7 cm³/mol. The lowest BCUT2D eigenvalue weighted by Gasteiger charge is -2.28. The lowest BCUT2D eigenvalue weighted by molar-refractivity contribution is 0.146. The first-order chi connectivity index (χ1) is 11.5. The van der Waals surface area contributed by atoms with Crippen LogP contribution in [0, 0.1) is 0 Å². The Morgan fingerprint density at radius 2 is 2.25 bits per heavy atom. The summed E-state index contributed by atoms with van der Waals surface area (Å²) in [6, 6.07) is -0.435. The molecule has 3 heterocycles. The van der Waals surface area contributed by atoms with Crippen LogP contribution in [0.3, 0.4) is 0 Å². The van der Waals surface area contributed by atoms with Gasteiger partial charge >= 0.3 is 6.03 Å². The van der Waals surface area contributed by atoms with Gasteiger partial charge in [0.05, 0.1) is 17.9 Å². The fraction of sp³-hybridized carbons (Fsp3) is 0.467. The molecule has 0 unspecified atom stereocenters. The average molecular weight is 336 g/mol. The number of carbonyl (C=O) groups is 1. The maximum atomic E-state index is 12.9. The van der Waals surface area contributed by atoms with E-state index in [9.17, 15) is 13.6 Å². The van der Waals surface area contributed by atoms with E-state index >= 15 is 0 Å². The molecule has 0 bridgehead atoms. The molecule has 9 heteroatoms. The number of fused-ring (bicyclic) bond motifs is 1. The highest BCUT2D eigenvalue weighted by molar-refractivity contribution is 5.90. The van der Waals surface area contributed by atoms with Gasteiger partial charge in [-0.3, -0.25) is 4.68 Å². The molecule has 1 N–H and O–H groups in total. The van der Waals surface area contributed by atoms with Crippen LogP contribution in [0.4, 0.5) is 19.3 Å². The Hall–Kier alpha value is -2.58. The maximum Gasteiger partial charge on any atom is 0.322 e. The van der Waals surface area contributed by atoms with Gasteiger partial charge in [-0.2, -0.15) is 5.10 Å². The third kappa shape index (κ3) is 3.19. The topological polar surface area (TPSA) is 75.9 Å². The molecule has 0 fully saturated rings. The van der Waals surface area contributed by atoms with E-state index in [4.69, 9.17) is 0 Å². The molecule has 24 heavy (non-hydrogen) atoms. The summed E-state index contributed by atoms with van der Waals surface area (Å²) in [5, 5.41) is 6.20. The Bertz CT molecular complexity index is 760. The van der Waals surface area contributed by atoms with Gasteiger partial charge in [-0.15, -0.1) is 0 Å². The second-order valence-corrected chi connectivity index (χ2v) is 5.62. The molecule has 0 radical (unpaired) electrons. The SMILES string of the molecule is CCc1ncc2c(n1)CCN(C(=O)Nc1cn(C)nc1C(F)F)C2. The van der Waals surface area contributed by atoms with Crippen LogP contribution in [-0.2, 0) is 26.4 Å². The van der Waals surface area contributed by atoms with Crippen LogP contribution in [-0.4, -0.2) is 37.2 Å². The molecule has 0 atom stereocenters. The van der Waals surface area contributed by atoms with Crippen LogP contribution in [0.2, 0.25) is 0 Å². The van der Waals surface area contributed by atoms with Crippen LogP contribution in [0.15, 0.2) is 12.4 Å². The van der Waals surface area contributed by atoms with Crippen molar-refractivity contribution in [1.29, 1.82) is 0 Å². The number of aromatic nitrogens is 4. The van der Waals surface area contributed by atoms with Gasteiger partial charge in [0.15, 0.2) is 5.69 Å². The van der Waals surface area contributed by atoms with E-state index in [-0.39, 0.29) is 5.69 Å². The summed E-state index contributed by atoms with van der Waals surface area (Å²) in [5.74, 6) is 0.781. The molecule has 7 nitrogen and oxygen atoms in total. The van der Waals surface area contributed by atoms with Crippen molar-refractivity contribution in [2.75, 3.05) is 11.9 Å². The average Bonchev–Trinajstić information content (AvgIpc) is 2.94. The Morgan fingerprint density at radius 3 is 2.96 bits per heavy atom. The summed E-state index contributed by atoms with van der Waals surface area (Å²) in [6.45, 7) is 2.82. The van der Waals surface area contributed by atoms with Crippen molar-refractivity contribution < 1.29 is 13.6 Å². The number of nitrogens with zero attached hydrogens (tertiary/aromatic N) is 5. The molecular weight excluding hydrogens is 318 g/mol. The molecule has 0 spiro atoms. The van der Waals surface area contributed by atoms with Crippen LogP contribution in [0.1, 0.15) is 36.1 Å². The summed E-state index contributed by atoms with van der Waals surface area (Å²) in [7, 11) is 1.53. The van der Waals surface area contributed by atoms with Gasteiger partial charge in [0, 0.05) is 44.4 Å². The van der Waals surface area contributed by atoms with E-state index in [1.165, 1.54) is 17.9 Å². The third-order valence-corrected chi connectivity index (χ3v) is 3.89. The molecule has 0 aliphatic carbocycles. The van der Waals surface area contributed by atoms with Gasteiger partial charge in [-0.25, -0.2) is 23.5 Å². The van der Waals surface area contributed by atoms with Crippen molar-refractivity contribution in [3.63, 3.8) is 0 Å². The van der Waals surface area contributed by atoms with Gasteiger partial charge in [-0.1, -0.05) is 6.92 Å². The highest BCUT2D eigenvalue weighted by Gasteiger charge is 2.25. The van der Waals surface area contributed by atoms with Crippen LogP contribution in [0.25, 0.3) is 0 Å². The van der Waals surface area contributed by atoms with Gasteiger partial charge in [0.1, 0.15) is 5.82 Å². The lowest BCUT2D eigenvalue weighted by Crippen LogP contribution is -2.39. The summed E-state index contributed by atoms with van der Waals surface area (Å²) in [5.41, 5.74) is 1.43. The second-order valence-electron chi connectivity index (χ2n) is 5.62. The summed E-state index contributed by atoms with van der Waals surface area (Å²) in [4.78, 5) is 22.6. The summed E-state index contributed by atoms with van der Waals surface area (Å²) >= 11 is 0. The van der Waals surface area contributed by atoms with E-state index in [0.29, 0.717) is 19.5 Å². The van der Waals surface area contributed by atoms with Crippen LogP contribution in [0.5, 0.6) is 0 Å². The molecular formula is C15H18F2N6O. The molecule has 0 saturated carbocycles. The first kappa shape index (κ1) is 16.3. The molecule has 0 aromatic carbocycles. The number of hydrogen-bond donors (Lipinski definition) is 1. The molecule has 128 valence electrons. The minimum Gasteiger partial charge on any atom is -0.320 e. The number of anilines is 1. The first-order valence-corrected chi connectivity index (χ1v) is 7.69. The number of rotatable bonds is 3. The predicted octanol–water partition coefficient (Wildman–Crippen LogP) is 2.30. The second kappa shape index (κ2) is 6.50. The quantitative estimate of drug-likeness (QED) is 0.933. The van der Waals surface area contributed by atoms with E-state index in [1.54, 1.807) is 11.1 Å². The highest BCUT2D eigenvalue weighted by Crippen LogP contribution is 2.26. The number of halogens is 2. The number of alkyl halides is 2. The van der Waals surface area contributed by atoms with Crippen molar-refractivity contribution in [3.05, 3.63) is 35.2 Å². The number of amides is 2. The van der Waals surface area contributed by atoms with Crippen LogP contribution < -0.4 is 5.32 Å². The Morgan fingerprint density at radius 1 is 1.46 bits per heavy atom. The third-order valence-electron chi connectivity index (χ3n) is 3.89. The lowest BCUT2D eigenvalue weighted by atomic mass is 10.1. The Kier molecular flexibility index (Phi) is 4.41. The van der Waals surface area contributed by atoms with Gasteiger partial charge in [0.25, 0.3) is 6.43 Å². The maximum absolute atomic E-state index is 12.9. The van der Waals surface area contributed by atoms with E-state index < -0.39 is 18.2 Å². The van der Waals surface area contributed by atoms with Gasteiger partial charge in [0.2, 0.25) is 0 Å². The van der Waals surface area contributed by atoms with Crippen molar-refractivity contribution in [2.24, 2.45) is 7.05 Å². The molecule has 1 aliphatic rings. The first-order valence-electron chi connectivity index (χ1n) is 7.69. The molecule has 2 aromatic heterocycles. The number of nitrogens with one attached hydrogen (secondary N) is 1. The molecule has 1 aliphatic heterocycles. The number of carbonyl (C=O) groups excluding carboxylic acids is 1. The highest BCUT2D eigenvalue weighted by atomic mass is 19.3. The van der Waals surface area contributed by atoms with Crippen LogP contribution >= 0.6 is 0 Å². The monoisotopic (exact) mass is 336 g/mol. The Labute approximate surface area is 137 Å². The normalized spacial score (nSPS) is 14.0. The molecule has 3 rings (SSSR count). The van der Waals surface area contributed by atoms with Crippen molar-refractivity contribution >= 4 is 11.7 Å². The minimum atomic E-state index is -2.75. The molecule has 2 amide bonds. The van der Waals surface area contributed by atoms with Crippen molar-refractivity contribution in [1.82, 2.24) is 24.6 Å². The van der Waals surface area contributed by atoms with Gasteiger partial charge in [-0.05, 0) is 0 Å². The van der Waals surface area contributed by atoms with Crippen molar-refractivity contribution in [2.45, 2.75) is 32.7 Å². The smallest absolute Gasteiger partial charge is 0.320 e. The minimum absolute atomic E-state index is 0.0286. The van der Waals surface area contributed by atoms with Crippen molar-refractivity contribution in [3.8, 4) is 0 Å². The number of hydrogen-bond acceptors (Lipinski definition) is 4. The van der Waals surface area contributed by atoms with E-state index in [0.717, 1.165) is 23.5 Å². The fourth-order valence-corrected chi connectivity index (χ4v) is 2.66. The largest absolute Gasteiger partial charge is 0.322 e. The molecule has 2 aromatic rings. The summed E-state index contributed by atoms with van der Waals surface area (Å²) < 4.78 is 27.1. The Balaban J connectivity index is 1.73. The van der Waals surface area contributed by atoms with Gasteiger partial charge < -0.3 is 10.2 Å². The summed E-state index contributed by atoms with van der Waals surface area (Å²) in [6.07, 6.45) is 1.73. The fourth-order valence-electron chi connectivity index (χ4n) is 2.66. The standard InChI is InChI=1S/C15H18F2N6O/c1-3-12-18-6-9-7-23(5-4-10(9)19-12)15(24)20-11-8-22(2)21-13(11)14(16)17/h6,8,14H,3-5,7H2,1-2H3,(H,20,24). The number of urea groups is 1. The zero-order chi connectivity index (χ0) is 17.3. The zero-order valence-electron chi connectivity index (χ0n) is 13.5. The zero-order valence-corrected chi connectivity index (χ0v) is 13.5. The van der Waals surface area contributed by atoms with E-state index in [2.05, 4.69) is 20.4 Å². The number of aryl methyl sites for hydroxylation is 2.